The third kappa shape index (κ3) is 5.21. The van der Waals surface area contributed by atoms with Crippen molar-refractivity contribution in [2.24, 2.45) is 0 Å². The molecule has 0 aliphatic heterocycles. The lowest BCUT2D eigenvalue weighted by Gasteiger charge is -2.16. The number of hydrogen-bond donors (Lipinski definition) is 2. The maximum Gasteiger partial charge on any atom is 0.418 e. The molecule has 1 aliphatic rings. The predicted molar refractivity (Wildman–Crippen MR) is 101 cm³/mol. The first-order valence-corrected chi connectivity index (χ1v) is 10.6. The number of alkyl halides is 3. The molecule has 6 nitrogen and oxygen atoms in total. The number of hydrogen-bond acceptors (Lipinski definition) is 5. The summed E-state index contributed by atoms with van der Waals surface area (Å²) in [6, 6.07) is 7.98. The van der Waals surface area contributed by atoms with E-state index in [4.69, 9.17) is 5.26 Å². The van der Waals surface area contributed by atoms with Gasteiger partial charge in [-0.05, 0) is 61.0 Å². The molecule has 1 saturated carbocycles. The molecule has 0 atom stereocenters. The maximum absolute atomic E-state index is 13.4. The number of carbonyl (C=O) groups is 1. The summed E-state index contributed by atoms with van der Waals surface area (Å²) in [7, 11) is -4.39. The van der Waals surface area contributed by atoms with Crippen LogP contribution >= 0.6 is 11.8 Å². The Kier molecular flexibility index (Phi) is 5.77. The number of thiocyanates is 1. The van der Waals surface area contributed by atoms with Crippen LogP contribution in [-0.2, 0) is 16.2 Å². The highest BCUT2D eigenvalue weighted by Gasteiger charge is 2.35. The van der Waals surface area contributed by atoms with Gasteiger partial charge >= 0.3 is 6.18 Å². The zero-order valence-electron chi connectivity index (χ0n) is 14.7. The fourth-order valence-electron chi connectivity index (χ4n) is 2.47. The highest BCUT2D eigenvalue weighted by Crippen LogP contribution is 2.38. The summed E-state index contributed by atoms with van der Waals surface area (Å²) in [5.74, 6) is -0.446. The van der Waals surface area contributed by atoms with E-state index in [1.165, 1.54) is 24.3 Å². The van der Waals surface area contributed by atoms with Crippen LogP contribution in [0.15, 0.2) is 52.3 Å². The molecule has 0 heterocycles. The predicted octanol–water partition coefficient (Wildman–Crippen LogP) is 3.97. The fraction of sp³-hybridized carbons (Fsp3) is 0.222. The van der Waals surface area contributed by atoms with Gasteiger partial charge in [-0.2, -0.15) is 18.4 Å². The number of amides is 1. The molecule has 2 aromatic carbocycles. The normalized spacial score (nSPS) is 14.1. The number of anilines is 1. The highest BCUT2D eigenvalue weighted by molar-refractivity contribution is 8.03. The quantitative estimate of drug-likeness (QED) is 0.522. The smallest absolute Gasteiger partial charge is 0.349 e. The summed E-state index contributed by atoms with van der Waals surface area (Å²) in [4.78, 5) is 11.8. The topological polar surface area (TPSA) is 99.1 Å². The summed E-state index contributed by atoms with van der Waals surface area (Å²) in [6.45, 7) is 0. The van der Waals surface area contributed by atoms with Crippen LogP contribution in [-0.4, -0.2) is 20.4 Å². The number of nitriles is 1. The number of nitrogens with zero attached hydrogens (tertiary/aromatic N) is 1. The van der Waals surface area contributed by atoms with E-state index in [1.54, 1.807) is 5.40 Å². The fourth-order valence-corrected chi connectivity index (χ4v) is 4.01. The molecule has 0 saturated heterocycles. The standard InChI is InChI=1S/C18H14F3N3O3S2/c19-18(20,21)15-9-13(28-10-22)6-7-16(15)24-29(26,27)14-3-1-2-11(8-14)17(25)23-12-4-5-12/h1-3,6-9,12,24H,4-5H2,(H,23,25). The Labute approximate surface area is 169 Å². The molecular formula is C18H14F3N3O3S2. The number of thioether (sulfide) groups is 1. The Bertz CT molecular complexity index is 1090. The molecule has 29 heavy (non-hydrogen) atoms. The third-order valence-electron chi connectivity index (χ3n) is 4.02. The number of halogens is 3. The molecule has 0 bridgehead atoms. The number of sulfonamides is 1. The average Bonchev–Trinajstić information content (AvgIpc) is 3.46. The van der Waals surface area contributed by atoms with Crippen molar-refractivity contribution < 1.29 is 26.4 Å². The van der Waals surface area contributed by atoms with E-state index in [1.807, 2.05) is 4.72 Å². The zero-order valence-corrected chi connectivity index (χ0v) is 16.3. The van der Waals surface area contributed by atoms with Gasteiger partial charge in [0.05, 0.1) is 16.1 Å². The second kappa shape index (κ2) is 7.96. The average molecular weight is 441 g/mol. The van der Waals surface area contributed by atoms with Gasteiger partial charge in [0.1, 0.15) is 5.40 Å². The number of rotatable bonds is 6. The minimum Gasteiger partial charge on any atom is -0.349 e. The van der Waals surface area contributed by atoms with Gasteiger partial charge in [0.25, 0.3) is 15.9 Å². The van der Waals surface area contributed by atoms with Crippen molar-refractivity contribution >= 4 is 33.4 Å². The molecule has 3 rings (SSSR count). The first-order valence-electron chi connectivity index (χ1n) is 8.31. The van der Waals surface area contributed by atoms with Crippen LogP contribution in [0.3, 0.4) is 0 Å². The van der Waals surface area contributed by atoms with Crippen molar-refractivity contribution in [1.29, 1.82) is 5.26 Å². The molecule has 1 fully saturated rings. The third-order valence-corrected chi connectivity index (χ3v) is 5.97. The first-order chi connectivity index (χ1) is 13.6. The van der Waals surface area contributed by atoms with Crippen molar-refractivity contribution in [3.8, 4) is 5.40 Å². The van der Waals surface area contributed by atoms with E-state index in [-0.39, 0.29) is 21.4 Å². The van der Waals surface area contributed by atoms with Crippen LogP contribution in [0.5, 0.6) is 0 Å². The molecule has 0 radical (unpaired) electrons. The van der Waals surface area contributed by atoms with Crippen molar-refractivity contribution in [2.75, 3.05) is 4.72 Å². The number of benzene rings is 2. The largest absolute Gasteiger partial charge is 0.418 e. The summed E-state index contributed by atoms with van der Waals surface area (Å²) >= 11 is 0.528. The van der Waals surface area contributed by atoms with Gasteiger partial charge < -0.3 is 5.32 Å². The molecule has 0 spiro atoms. The van der Waals surface area contributed by atoms with Crippen molar-refractivity contribution in [1.82, 2.24) is 5.32 Å². The van der Waals surface area contributed by atoms with E-state index in [0.29, 0.717) is 17.8 Å². The van der Waals surface area contributed by atoms with Crippen LogP contribution in [0.25, 0.3) is 0 Å². The molecule has 152 valence electrons. The minimum atomic E-state index is -4.84. The lowest BCUT2D eigenvalue weighted by atomic mass is 10.2. The van der Waals surface area contributed by atoms with E-state index < -0.39 is 33.4 Å². The van der Waals surface area contributed by atoms with Gasteiger partial charge in [0, 0.05) is 16.5 Å². The van der Waals surface area contributed by atoms with E-state index in [0.717, 1.165) is 25.0 Å². The van der Waals surface area contributed by atoms with E-state index in [2.05, 4.69) is 5.32 Å². The maximum atomic E-state index is 13.4. The van der Waals surface area contributed by atoms with Crippen molar-refractivity contribution in [3.63, 3.8) is 0 Å². The lowest BCUT2D eigenvalue weighted by Crippen LogP contribution is -2.25. The SMILES string of the molecule is N#CSc1ccc(NS(=O)(=O)c2cccc(C(=O)NC3CC3)c2)c(C(F)(F)F)c1. The van der Waals surface area contributed by atoms with Crippen molar-refractivity contribution in [3.05, 3.63) is 53.6 Å². The second-order valence-electron chi connectivity index (χ2n) is 6.28. The molecule has 11 heteroatoms. The molecule has 2 N–H and O–H groups in total. The van der Waals surface area contributed by atoms with E-state index in [9.17, 15) is 26.4 Å². The van der Waals surface area contributed by atoms with Gasteiger partial charge in [0.15, 0.2) is 0 Å². The monoisotopic (exact) mass is 441 g/mol. The van der Waals surface area contributed by atoms with Crippen molar-refractivity contribution in [2.45, 2.75) is 34.9 Å². The Balaban J connectivity index is 1.91. The molecule has 2 aromatic rings. The Hall–Kier alpha value is -2.71. The van der Waals surface area contributed by atoms with Gasteiger partial charge in [-0.3, -0.25) is 9.52 Å². The second-order valence-corrected chi connectivity index (χ2v) is 8.82. The van der Waals surface area contributed by atoms with Crippen LogP contribution < -0.4 is 10.0 Å². The Morgan fingerprint density at radius 3 is 2.52 bits per heavy atom. The van der Waals surface area contributed by atoms with Crippen LogP contribution in [0.4, 0.5) is 18.9 Å². The minimum absolute atomic E-state index is 0.0292. The summed E-state index contributed by atoms with van der Waals surface area (Å²) in [5, 5.41) is 13.0. The zero-order chi connectivity index (χ0) is 21.2. The van der Waals surface area contributed by atoms with Crippen LogP contribution in [0, 0.1) is 10.7 Å². The molecule has 1 amide bonds. The number of carbonyl (C=O) groups excluding carboxylic acids is 1. The highest BCUT2D eigenvalue weighted by atomic mass is 32.2. The summed E-state index contributed by atoms with van der Waals surface area (Å²) in [5.41, 5.74) is -1.80. The first kappa shape index (κ1) is 21.0. The van der Waals surface area contributed by atoms with Gasteiger partial charge in [0.2, 0.25) is 0 Å². The molecular weight excluding hydrogens is 427 g/mol. The summed E-state index contributed by atoms with van der Waals surface area (Å²) < 4.78 is 67.3. The Morgan fingerprint density at radius 1 is 1.17 bits per heavy atom. The molecule has 0 aromatic heterocycles. The molecule has 0 unspecified atom stereocenters. The van der Waals surface area contributed by atoms with Gasteiger partial charge in [-0.25, -0.2) is 8.42 Å². The molecule has 1 aliphatic carbocycles. The van der Waals surface area contributed by atoms with Crippen LogP contribution in [0.2, 0.25) is 0 Å². The summed E-state index contributed by atoms with van der Waals surface area (Å²) in [6.07, 6.45) is -3.13. The van der Waals surface area contributed by atoms with Gasteiger partial charge in [-0.1, -0.05) is 6.07 Å². The van der Waals surface area contributed by atoms with E-state index >= 15 is 0 Å². The Morgan fingerprint density at radius 2 is 1.90 bits per heavy atom. The lowest BCUT2D eigenvalue weighted by molar-refractivity contribution is -0.137. The van der Waals surface area contributed by atoms with Crippen LogP contribution in [0.1, 0.15) is 28.8 Å². The van der Waals surface area contributed by atoms with Gasteiger partial charge in [-0.15, -0.1) is 0 Å². The number of nitrogens with one attached hydrogen (secondary N) is 2.